The second-order valence-electron chi connectivity index (χ2n) is 4.91. The normalized spacial score (nSPS) is 13.8. The van der Waals surface area contributed by atoms with Gasteiger partial charge < -0.3 is 5.11 Å². The van der Waals surface area contributed by atoms with Gasteiger partial charge in [0.15, 0.2) is 0 Å². The lowest BCUT2D eigenvalue weighted by Crippen LogP contribution is -2.52. The van der Waals surface area contributed by atoms with E-state index >= 15 is 0 Å². The monoisotopic (exact) mass is 283 g/mol. The molecule has 0 aliphatic carbocycles. The zero-order valence-electron chi connectivity index (χ0n) is 12.5. The number of halogens is 1. The summed E-state index contributed by atoms with van der Waals surface area (Å²) in [5, 5.41) is 11.6. The fraction of sp³-hybridized carbons (Fsp3) is 0.625. The highest BCUT2D eigenvalue weighted by Gasteiger charge is 2.40. The van der Waals surface area contributed by atoms with Gasteiger partial charge in [-0.2, -0.15) is 0 Å². The van der Waals surface area contributed by atoms with Crippen molar-refractivity contribution in [3.8, 4) is 0 Å². The maximum atomic E-state index is 10.9. The number of benzene rings is 1. The summed E-state index contributed by atoms with van der Waals surface area (Å²) in [7, 11) is 0. The van der Waals surface area contributed by atoms with Gasteiger partial charge in [0.05, 0.1) is 11.6 Å². The van der Waals surface area contributed by atoms with E-state index in [0.29, 0.717) is 5.02 Å². The van der Waals surface area contributed by atoms with Crippen LogP contribution in [-0.2, 0) is 0 Å². The highest BCUT2D eigenvalue weighted by molar-refractivity contribution is 6.31. The molecule has 0 aliphatic rings. The van der Waals surface area contributed by atoms with Crippen molar-refractivity contribution in [3.05, 3.63) is 34.9 Å². The Bertz CT molecular complexity index is 386. The Kier molecular flexibility index (Phi) is 6.31. The van der Waals surface area contributed by atoms with Crippen LogP contribution >= 0.6 is 11.6 Å². The molecule has 3 heteroatoms. The van der Waals surface area contributed by atoms with Gasteiger partial charge in [-0.3, -0.25) is 4.90 Å². The summed E-state index contributed by atoms with van der Waals surface area (Å²) in [6, 6.07) is 7.60. The molecule has 0 bridgehead atoms. The summed E-state index contributed by atoms with van der Waals surface area (Å²) in [5.74, 6) is 0. The number of rotatable bonds is 7. The van der Waals surface area contributed by atoms with Crippen molar-refractivity contribution in [2.24, 2.45) is 0 Å². The second-order valence-corrected chi connectivity index (χ2v) is 5.31. The highest BCUT2D eigenvalue weighted by Crippen LogP contribution is 2.39. The molecule has 108 valence electrons. The summed E-state index contributed by atoms with van der Waals surface area (Å²) in [4.78, 5) is 2.35. The van der Waals surface area contributed by atoms with Crippen LogP contribution in [0.1, 0.15) is 52.2 Å². The molecule has 1 atom stereocenters. The van der Waals surface area contributed by atoms with Crippen LogP contribution in [0.15, 0.2) is 24.3 Å². The predicted molar refractivity (Wildman–Crippen MR) is 82.6 cm³/mol. The van der Waals surface area contributed by atoms with Gasteiger partial charge in [-0.15, -0.1) is 0 Å². The SMILES string of the molecule is CCN(CC)C(CC)(CC)C(O)c1ccccc1Cl. The first-order chi connectivity index (χ1) is 9.07. The molecule has 1 N–H and O–H groups in total. The number of hydrogen-bond donors (Lipinski definition) is 1. The van der Waals surface area contributed by atoms with Crippen LogP contribution in [0.5, 0.6) is 0 Å². The van der Waals surface area contributed by atoms with E-state index in [1.807, 2.05) is 24.3 Å². The van der Waals surface area contributed by atoms with Gasteiger partial charge >= 0.3 is 0 Å². The zero-order chi connectivity index (χ0) is 14.5. The third-order valence-corrected chi connectivity index (χ3v) is 4.67. The van der Waals surface area contributed by atoms with E-state index in [1.54, 1.807) is 0 Å². The van der Waals surface area contributed by atoms with E-state index < -0.39 is 6.10 Å². The fourth-order valence-corrected chi connectivity index (χ4v) is 3.34. The van der Waals surface area contributed by atoms with Crippen molar-refractivity contribution < 1.29 is 5.11 Å². The van der Waals surface area contributed by atoms with Gasteiger partial charge in [0, 0.05) is 10.6 Å². The second kappa shape index (κ2) is 7.28. The molecule has 0 spiro atoms. The molecule has 0 aromatic heterocycles. The summed E-state index contributed by atoms with van der Waals surface area (Å²) in [6.45, 7) is 10.4. The van der Waals surface area contributed by atoms with Crippen molar-refractivity contribution in [2.75, 3.05) is 13.1 Å². The molecule has 0 fully saturated rings. The molecule has 0 amide bonds. The fourth-order valence-electron chi connectivity index (χ4n) is 3.10. The van der Waals surface area contributed by atoms with E-state index in [1.165, 1.54) is 0 Å². The third-order valence-electron chi connectivity index (χ3n) is 4.33. The van der Waals surface area contributed by atoms with E-state index in [9.17, 15) is 5.11 Å². The van der Waals surface area contributed by atoms with Gasteiger partial charge in [-0.25, -0.2) is 0 Å². The van der Waals surface area contributed by atoms with E-state index in [-0.39, 0.29) is 5.54 Å². The first kappa shape index (κ1) is 16.5. The Morgan fingerprint density at radius 3 is 2.05 bits per heavy atom. The Labute approximate surface area is 122 Å². The Morgan fingerprint density at radius 2 is 1.63 bits per heavy atom. The van der Waals surface area contributed by atoms with Crippen LogP contribution in [0.3, 0.4) is 0 Å². The molecular weight excluding hydrogens is 258 g/mol. The predicted octanol–water partition coefficient (Wildman–Crippen LogP) is 4.27. The lowest BCUT2D eigenvalue weighted by Gasteiger charge is -2.46. The van der Waals surface area contributed by atoms with Crippen molar-refractivity contribution in [1.29, 1.82) is 0 Å². The van der Waals surface area contributed by atoms with E-state index in [4.69, 9.17) is 11.6 Å². The Hall–Kier alpha value is -0.570. The van der Waals surface area contributed by atoms with E-state index in [2.05, 4.69) is 32.6 Å². The average Bonchev–Trinajstić information content (AvgIpc) is 2.44. The molecular formula is C16H26ClNO. The molecule has 1 aromatic carbocycles. The smallest absolute Gasteiger partial charge is 0.0987 e. The van der Waals surface area contributed by atoms with Crippen LogP contribution in [0.2, 0.25) is 5.02 Å². The molecule has 0 aliphatic heterocycles. The van der Waals surface area contributed by atoms with Gasteiger partial charge in [0.2, 0.25) is 0 Å². The quantitative estimate of drug-likeness (QED) is 0.808. The van der Waals surface area contributed by atoms with Crippen LogP contribution in [-0.4, -0.2) is 28.6 Å². The highest BCUT2D eigenvalue weighted by atomic mass is 35.5. The number of hydrogen-bond acceptors (Lipinski definition) is 2. The standard InChI is InChI=1S/C16H26ClNO/c1-5-16(6-2,18(7-3)8-4)15(19)13-11-9-10-12-14(13)17/h9-12,15,19H,5-8H2,1-4H3. The van der Waals surface area contributed by atoms with Gasteiger partial charge in [-0.1, -0.05) is 57.5 Å². The van der Waals surface area contributed by atoms with Gasteiger partial charge in [0.25, 0.3) is 0 Å². The van der Waals surface area contributed by atoms with Crippen molar-refractivity contribution in [3.63, 3.8) is 0 Å². The summed E-state index contributed by atoms with van der Waals surface area (Å²) >= 11 is 6.25. The molecule has 1 rings (SSSR count). The first-order valence-electron chi connectivity index (χ1n) is 7.24. The summed E-state index contributed by atoms with van der Waals surface area (Å²) in [5.41, 5.74) is 0.592. The maximum absolute atomic E-state index is 10.9. The first-order valence-corrected chi connectivity index (χ1v) is 7.62. The Balaban J connectivity index is 3.22. The van der Waals surface area contributed by atoms with Gasteiger partial charge in [-0.05, 0) is 32.0 Å². The zero-order valence-corrected chi connectivity index (χ0v) is 13.2. The minimum atomic E-state index is -0.559. The average molecular weight is 284 g/mol. The van der Waals surface area contributed by atoms with E-state index in [0.717, 1.165) is 31.5 Å². The number of aliphatic hydroxyl groups excluding tert-OH is 1. The maximum Gasteiger partial charge on any atom is 0.0987 e. The Morgan fingerprint density at radius 1 is 1.11 bits per heavy atom. The van der Waals surface area contributed by atoms with Crippen LogP contribution in [0.25, 0.3) is 0 Å². The summed E-state index contributed by atoms with van der Waals surface area (Å²) in [6.07, 6.45) is 1.24. The molecule has 0 radical (unpaired) electrons. The van der Waals surface area contributed by atoms with Crippen LogP contribution in [0, 0.1) is 0 Å². The van der Waals surface area contributed by atoms with Crippen LogP contribution in [0.4, 0.5) is 0 Å². The lowest BCUT2D eigenvalue weighted by molar-refractivity contribution is -0.0365. The minimum absolute atomic E-state index is 0.242. The molecule has 19 heavy (non-hydrogen) atoms. The largest absolute Gasteiger partial charge is 0.386 e. The molecule has 2 nitrogen and oxygen atoms in total. The molecule has 1 aromatic rings. The molecule has 1 unspecified atom stereocenters. The minimum Gasteiger partial charge on any atom is -0.386 e. The third kappa shape index (κ3) is 3.13. The van der Waals surface area contributed by atoms with Crippen molar-refractivity contribution in [2.45, 2.75) is 52.2 Å². The lowest BCUT2D eigenvalue weighted by atomic mass is 9.81. The number of likely N-dealkylation sites (N-methyl/N-ethyl adjacent to an activating group) is 1. The van der Waals surface area contributed by atoms with Crippen molar-refractivity contribution >= 4 is 11.6 Å². The number of aliphatic hydroxyl groups is 1. The topological polar surface area (TPSA) is 23.5 Å². The molecule has 0 saturated carbocycles. The molecule has 0 saturated heterocycles. The van der Waals surface area contributed by atoms with Crippen LogP contribution < -0.4 is 0 Å². The van der Waals surface area contributed by atoms with Crippen molar-refractivity contribution in [1.82, 2.24) is 4.90 Å². The molecule has 0 heterocycles. The number of nitrogens with zero attached hydrogens (tertiary/aromatic N) is 1. The van der Waals surface area contributed by atoms with Gasteiger partial charge in [0.1, 0.15) is 0 Å². The summed E-state index contributed by atoms with van der Waals surface area (Å²) < 4.78 is 0.